The summed E-state index contributed by atoms with van der Waals surface area (Å²) in [6, 6.07) is 15.8. The molecular formula is C22H21N3O2. The summed E-state index contributed by atoms with van der Waals surface area (Å²) in [5.41, 5.74) is 2.74. The Bertz CT molecular complexity index is 969. The number of hydrogen-bond acceptors (Lipinski definition) is 4. The number of aryl methyl sites for hydroxylation is 1. The standard InChI is InChI=1S/C22H21N3O2/c1-2-6-21-20(5-1)24-22(27-21)12-9-18-7-10-19(11-8-18)26-16-4-3-14-25-15-13-23-17-25/h1-2,5-13,15,17H,3-4,14,16H2/b12-9+. The molecule has 0 spiro atoms. The van der Waals surface area contributed by atoms with Gasteiger partial charge in [0.25, 0.3) is 0 Å². The van der Waals surface area contributed by atoms with Crippen molar-refractivity contribution in [2.75, 3.05) is 6.61 Å². The molecule has 2 aromatic heterocycles. The zero-order chi connectivity index (χ0) is 18.3. The van der Waals surface area contributed by atoms with Crippen LogP contribution < -0.4 is 4.74 Å². The van der Waals surface area contributed by atoms with Crippen LogP contribution in [0, 0.1) is 0 Å². The van der Waals surface area contributed by atoms with E-state index in [9.17, 15) is 0 Å². The molecule has 0 saturated carbocycles. The largest absolute Gasteiger partial charge is 0.494 e. The molecule has 0 N–H and O–H groups in total. The van der Waals surface area contributed by atoms with Crippen LogP contribution in [-0.2, 0) is 6.54 Å². The van der Waals surface area contributed by atoms with Gasteiger partial charge in [-0.05, 0) is 48.7 Å². The van der Waals surface area contributed by atoms with Crippen molar-refractivity contribution >= 4 is 23.3 Å². The molecule has 0 aliphatic carbocycles. The topological polar surface area (TPSA) is 53.1 Å². The van der Waals surface area contributed by atoms with E-state index in [4.69, 9.17) is 9.15 Å². The van der Waals surface area contributed by atoms with Crippen LogP contribution in [0.5, 0.6) is 5.75 Å². The van der Waals surface area contributed by atoms with Crippen molar-refractivity contribution in [1.82, 2.24) is 14.5 Å². The predicted molar refractivity (Wildman–Crippen MR) is 106 cm³/mol. The Morgan fingerprint density at radius 3 is 2.70 bits per heavy atom. The van der Waals surface area contributed by atoms with E-state index in [2.05, 4.69) is 14.5 Å². The molecule has 2 heterocycles. The van der Waals surface area contributed by atoms with E-state index >= 15 is 0 Å². The number of ether oxygens (including phenoxy) is 1. The lowest BCUT2D eigenvalue weighted by atomic mass is 10.2. The lowest BCUT2D eigenvalue weighted by molar-refractivity contribution is 0.303. The minimum atomic E-state index is 0.606. The Morgan fingerprint density at radius 1 is 1.00 bits per heavy atom. The van der Waals surface area contributed by atoms with Gasteiger partial charge < -0.3 is 13.7 Å². The highest BCUT2D eigenvalue weighted by atomic mass is 16.5. The number of hydrogen-bond donors (Lipinski definition) is 0. The Balaban J connectivity index is 1.25. The number of oxazole rings is 1. The molecule has 5 heteroatoms. The number of rotatable bonds is 8. The van der Waals surface area contributed by atoms with Gasteiger partial charge in [0.2, 0.25) is 5.89 Å². The average molecular weight is 359 g/mol. The van der Waals surface area contributed by atoms with Crippen LogP contribution in [0.1, 0.15) is 24.3 Å². The molecule has 0 saturated heterocycles. The van der Waals surface area contributed by atoms with Crippen molar-refractivity contribution in [2.45, 2.75) is 19.4 Å². The fraction of sp³-hybridized carbons (Fsp3) is 0.182. The molecule has 0 atom stereocenters. The molecule has 5 nitrogen and oxygen atoms in total. The van der Waals surface area contributed by atoms with Gasteiger partial charge in [-0.1, -0.05) is 24.3 Å². The number of para-hydroxylation sites is 2. The van der Waals surface area contributed by atoms with Gasteiger partial charge >= 0.3 is 0 Å². The molecule has 136 valence electrons. The van der Waals surface area contributed by atoms with E-state index in [0.717, 1.165) is 41.8 Å². The lowest BCUT2D eigenvalue weighted by Gasteiger charge is -2.06. The summed E-state index contributed by atoms with van der Waals surface area (Å²) >= 11 is 0. The Morgan fingerprint density at radius 2 is 1.89 bits per heavy atom. The highest BCUT2D eigenvalue weighted by molar-refractivity contribution is 5.75. The van der Waals surface area contributed by atoms with Crippen LogP contribution in [0.15, 0.2) is 71.7 Å². The summed E-state index contributed by atoms with van der Waals surface area (Å²) in [5.74, 6) is 1.49. The average Bonchev–Trinajstić information content (AvgIpc) is 3.36. The third-order valence-corrected chi connectivity index (χ3v) is 4.25. The van der Waals surface area contributed by atoms with Gasteiger partial charge in [0.1, 0.15) is 11.3 Å². The van der Waals surface area contributed by atoms with Crippen LogP contribution in [-0.4, -0.2) is 21.1 Å². The van der Waals surface area contributed by atoms with E-state index in [1.165, 1.54) is 0 Å². The first-order chi connectivity index (χ1) is 13.4. The number of unbranched alkanes of at least 4 members (excludes halogenated alkanes) is 1. The van der Waals surface area contributed by atoms with Crippen molar-refractivity contribution in [2.24, 2.45) is 0 Å². The molecule has 0 bridgehead atoms. The third kappa shape index (κ3) is 4.64. The highest BCUT2D eigenvalue weighted by Crippen LogP contribution is 2.18. The van der Waals surface area contributed by atoms with Crippen LogP contribution in [0.25, 0.3) is 23.3 Å². The number of aromatic nitrogens is 3. The zero-order valence-electron chi connectivity index (χ0n) is 15.0. The Hall–Kier alpha value is -3.34. The monoisotopic (exact) mass is 359 g/mol. The van der Waals surface area contributed by atoms with Crippen LogP contribution >= 0.6 is 0 Å². The third-order valence-electron chi connectivity index (χ3n) is 4.25. The van der Waals surface area contributed by atoms with Gasteiger partial charge in [-0.2, -0.15) is 0 Å². The van der Waals surface area contributed by atoms with Gasteiger partial charge in [0.15, 0.2) is 5.58 Å². The maximum Gasteiger partial charge on any atom is 0.220 e. The van der Waals surface area contributed by atoms with Crippen LogP contribution in [0.3, 0.4) is 0 Å². The second kappa shape index (κ2) is 8.36. The minimum Gasteiger partial charge on any atom is -0.494 e. The molecule has 0 unspecified atom stereocenters. The summed E-state index contributed by atoms with van der Waals surface area (Å²) < 4.78 is 13.6. The number of imidazole rings is 1. The SMILES string of the molecule is C(=C\c1nc2ccccc2o1)/c1ccc(OCCCCn2ccnc2)cc1. The molecule has 27 heavy (non-hydrogen) atoms. The molecule has 4 aromatic rings. The fourth-order valence-corrected chi connectivity index (χ4v) is 2.81. The molecule has 2 aromatic carbocycles. The Kier molecular flexibility index (Phi) is 5.29. The van der Waals surface area contributed by atoms with E-state index < -0.39 is 0 Å². The lowest BCUT2D eigenvalue weighted by Crippen LogP contribution is -2.00. The molecule has 4 rings (SSSR count). The number of nitrogens with zero attached hydrogens (tertiary/aromatic N) is 3. The molecule has 0 fully saturated rings. The predicted octanol–water partition coefficient (Wildman–Crippen LogP) is 5.05. The first-order valence-electron chi connectivity index (χ1n) is 9.09. The molecule has 0 amide bonds. The van der Waals surface area contributed by atoms with Gasteiger partial charge in [-0.3, -0.25) is 0 Å². The second-order valence-electron chi connectivity index (χ2n) is 6.28. The van der Waals surface area contributed by atoms with Gasteiger partial charge in [0.05, 0.1) is 12.9 Å². The molecule has 0 aliphatic rings. The summed E-state index contributed by atoms with van der Waals surface area (Å²) in [6.45, 7) is 1.69. The quantitative estimate of drug-likeness (QED) is 0.413. The number of benzene rings is 2. The van der Waals surface area contributed by atoms with Crippen molar-refractivity contribution in [3.05, 3.63) is 78.7 Å². The van der Waals surface area contributed by atoms with E-state index in [0.29, 0.717) is 12.5 Å². The maximum absolute atomic E-state index is 5.80. The minimum absolute atomic E-state index is 0.606. The summed E-state index contributed by atoms with van der Waals surface area (Å²) in [6.07, 6.45) is 11.6. The van der Waals surface area contributed by atoms with Crippen LogP contribution in [0.4, 0.5) is 0 Å². The van der Waals surface area contributed by atoms with E-state index in [1.807, 2.05) is 73.2 Å². The smallest absolute Gasteiger partial charge is 0.220 e. The Labute approximate surface area is 157 Å². The summed E-state index contributed by atoms with van der Waals surface area (Å²) in [7, 11) is 0. The van der Waals surface area contributed by atoms with E-state index in [1.54, 1.807) is 6.20 Å². The number of fused-ring (bicyclic) bond motifs is 1. The van der Waals surface area contributed by atoms with Crippen molar-refractivity contribution in [3.8, 4) is 5.75 Å². The zero-order valence-corrected chi connectivity index (χ0v) is 15.0. The van der Waals surface area contributed by atoms with E-state index in [-0.39, 0.29) is 0 Å². The summed E-state index contributed by atoms with van der Waals surface area (Å²) in [4.78, 5) is 8.48. The molecular weight excluding hydrogens is 338 g/mol. The molecule has 0 aliphatic heterocycles. The highest BCUT2D eigenvalue weighted by Gasteiger charge is 2.01. The first kappa shape index (κ1) is 17.1. The van der Waals surface area contributed by atoms with Crippen molar-refractivity contribution in [3.63, 3.8) is 0 Å². The summed E-state index contributed by atoms with van der Waals surface area (Å²) in [5, 5.41) is 0. The second-order valence-corrected chi connectivity index (χ2v) is 6.28. The van der Waals surface area contributed by atoms with Crippen molar-refractivity contribution in [1.29, 1.82) is 0 Å². The van der Waals surface area contributed by atoms with Gasteiger partial charge in [-0.15, -0.1) is 0 Å². The fourth-order valence-electron chi connectivity index (χ4n) is 2.81. The van der Waals surface area contributed by atoms with Gasteiger partial charge in [0, 0.05) is 25.0 Å². The molecule has 0 radical (unpaired) electrons. The van der Waals surface area contributed by atoms with Crippen molar-refractivity contribution < 1.29 is 9.15 Å². The first-order valence-corrected chi connectivity index (χ1v) is 9.09. The van der Waals surface area contributed by atoms with Gasteiger partial charge in [-0.25, -0.2) is 9.97 Å². The van der Waals surface area contributed by atoms with Crippen LogP contribution in [0.2, 0.25) is 0 Å². The normalized spacial score (nSPS) is 11.4. The maximum atomic E-state index is 5.80.